The standard InChI is InChI=1S/C21H18O2.C19H16O4.C19H18O2.C16H16N2O4.C15H16O5.C12H17NO2.C10H13NO2/c1-13(2)21(22)23-12-17-9-8-16-7-6-14-4-3-5-15-10-11-18(17)20(16)19(14)15;1-11(2)19(22)23-10-12-7-8-15-16(9-12)18(21)14-6-4-3-5-13(14)17(15)20;1-13(2)19(20)21-12-15-11-14-7-3-4-8-16(14)18-10-6-5-9-17(15)18;1-11(2)16(12-7-3-5-9-14(12)17(19)20)13-8-4-6-10-15(13)18(21)22;1-9(2)15(18)19-8-11-6-14(17)20-13-5-10(7-16)3-4-12(11)13;1-8(2)5-11-6-9(3)10(4)7-12(11)13(14)15;1-8(2)7-9-5-3-4-6-10(9)11(12)13/h3-11,13H,12H2,1-2H3;3-9,11H,10H2,1-2H3;3-11,13H,12H2,1-2H3;3-11,16H,1-2H3;3-6,9,16H,7-8H2,1-2H3;6-8H,5H2,1-4H3;3-6,8H,7H2,1-2H3. The first-order valence-corrected chi connectivity index (χ1v) is 45.4. The molecule has 14 aromatic carbocycles. The van der Waals surface area contributed by atoms with Crippen LogP contribution in [0.25, 0.3) is 64.8 Å². The molecule has 0 radical (unpaired) electrons. The number of aliphatic hydroxyl groups is 1. The van der Waals surface area contributed by atoms with Gasteiger partial charge in [0.05, 0.1) is 50.0 Å². The molecule has 1 aliphatic carbocycles. The monoisotopic (exact) mass is 1850 g/mol. The Bertz CT molecular complexity index is 6930. The van der Waals surface area contributed by atoms with Crippen molar-refractivity contribution < 1.29 is 76.9 Å². The van der Waals surface area contributed by atoms with Crippen LogP contribution in [0.1, 0.15) is 196 Å². The number of hydrogen-bond donors (Lipinski definition) is 1. The van der Waals surface area contributed by atoms with E-state index in [4.69, 9.17) is 28.5 Å². The van der Waals surface area contributed by atoms with Crippen LogP contribution in [0.5, 0.6) is 0 Å². The van der Waals surface area contributed by atoms with Gasteiger partial charge in [0.25, 0.3) is 22.7 Å². The van der Waals surface area contributed by atoms with Crippen LogP contribution in [0.4, 0.5) is 22.7 Å². The van der Waals surface area contributed by atoms with Crippen molar-refractivity contribution in [2.24, 2.45) is 41.4 Å². The molecule has 0 saturated heterocycles. The maximum absolute atomic E-state index is 12.6. The van der Waals surface area contributed by atoms with E-state index in [1.54, 1.807) is 143 Å². The predicted octanol–water partition coefficient (Wildman–Crippen LogP) is 25.6. The highest BCUT2D eigenvalue weighted by Gasteiger charge is 2.33. The summed E-state index contributed by atoms with van der Waals surface area (Å²) in [5.74, 6) is -1.45. The molecule has 0 fully saturated rings. The number of carbonyl (C=O) groups excluding carboxylic acids is 6. The molecular formula is C112H114N4O21. The fourth-order valence-electron chi connectivity index (χ4n) is 15.8. The van der Waals surface area contributed by atoms with E-state index in [0.717, 1.165) is 51.6 Å². The summed E-state index contributed by atoms with van der Waals surface area (Å²) in [4.78, 5) is 126. The molecule has 0 atom stereocenters. The summed E-state index contributed by atoms with van der Waals surface area (Å²) < 4.78 is 26.3. The molecule has 1 aromatic heterocycles. The van der Waals surface area contributed by atoms with Gasteiger partial charge in [-0.3, -0.25) is 69.2 Å². The number of esters is 4. The van der Waals surface area contributed by atoms with Crippen LogP contribution in [0.15, 0.2) is 270 Å². The highest BCUT2D eigenvalue weighted by molar-refractivity contribution is 6.28. The maximum Gasteiger partial charge on any atom is 0.336 e. The topological polar surface area (TPSA) is 362 Å². The van der Waals surface area contributed by atoms with Gasteiger partial charge in [0.1, 0.15) is 32.0 Å². The fourth-order valence-corrected chi connectivity index (χ4v) is 15.8. The van der Waals surface area contributed by atoms with E-state index in [-0.39, 0.29) is 117 Å². The summed E-state index contributed by atoms with van der Waals surface area (Å²) in [7, 11) is 0. The van der Waals surface area contributed by atoms with E-state index in [2.05, 4.69) is 113 Å². The van der Waals surface area contributed by atoms with Gasteiger partial charge in [0, 0.05) is 91.7 Å². The first-order valence-electron chi connectivity index (χ1n) is 45.4. The van der Waals surface area contributed by atoms with Crippen molar-refractivity contribution in [2.45, 2.75) is 163 Å². The lowest BCUT2D eigenvalue weighted by Crippen LogP contribution is -2.21. The second kappa shape index (κ2) is 48.0. The van der Waals surface area contributed by atoms with E-state index < -0.39 is 21.4 Å². The molecule has 15 aromatic rings. The Hall–Kier alpha value is -15.4. The molecule has 25 nitrogen and oxygen atoms in total. The zero-order valence-corrected chi connectivity index (χ0v) is 79.8. The van der Waals surface area contributed by atoms with Crippen molar-refractivity contribution in [3.8, 4) is 0 Å². The van der Waals surface area contributed by atoms with Gasteiger partial charge in [-0.15, -0.1) is 0 Å². The summed E-state index contributed by atoms with van der Waals surface area (Å²) in [5, 5.41) is 66.0. The van der Waals surface area contributed by atoms with Crippen molar-refractivity contribution in [1.29, 1.82) is 0 Å². The van der Waals surface area contributed by atoms with E-state index >= 15 is 0 Å². The smallest absolute Gasteiger partial charge is 0.336 e. The number of carbonyl (C=O) groups is 6. The summed E-state index contributed by atoms with van der Waals surface area (Å²) in [6, 6.07) is 79.4. The van der Waals surface area contributed by atoms with Crippen molar-refractivity contribution >= 4 is 123 Å². The number of ether oxygens (including phenoxy) is 4. The second-order valence-electron chi connectivity index (χ2n) is 35.9. The summed E-state index contributed by atoms with van der Waals surface area (Å²) in [5.41, 5.74) is 10.8. The van der Waals surface area contributed by atoms with Crippen LogP contribution in [0.2, 0.25) is 0 Å². The Balaban J connectivity index is 0.000000166. The number of nitro benzene ring substituents is 4. The SMILES string of the molecule is CC(C)C(=O)OCc1cc(=O)oc2cc(CO)ccc12.CC(C)C(=O)OCc1cc2ccccc2c2ccccc12.CC(C)C(=O)OCc1ccc2c(c1)C(=O)c1ccccc1C2=O.CC(C)C(=O)OCc1ccc2ccc3cccc4ccc1c2c34.CC(C)C(c1ccccc1[N+](=O)[O-])c1ccccc1[N+](=O)[O-].CC(C)Cc1ccccc1[N+](=O)[O-].Cc1cc(CC(C)C)c([N+](=O)[O-])cc1C. The minimum Gasteiger partial charge on any atom is -0.461 e. The average molecular weight is 1850 g/mol. The first kappa shape index (κ1) is 104. The molecule has 0 unspecified atom stereocenters. The molecule has 0 amide bonds. The Morgan fingerprint density at radius 2 is 0.737 bits per heavy atom. The van der Waals surface area contributed by atoms with Crippen molar-refractivity contribution in [3.05, 3.63) is 395 Å². The number of aryl methyl sites for hydroxylation is 2. The second-order valence-corrected chi connectivity index (χ2v) is 35.9. The van der Waals surface area contributed by atoms with Gasteiger partial charge in [-0.1, -0.05) is 297 Å². The molecule has 708 valence electrons. The lowest BCUT2D eigenvalue weighted by atomic mass is 9.81. The number of nitrogens with zero attached hydrogens (tertiary/aromatic N) is 4. The van der Waals surface area contributed by atoms with Gasteiger partial charge >= 0.3 is 29.5 Å². The molecule has 1 heterocycles. The predicted molar refractivity (Wildman–Crippen MR) is 534 cm³/mol. The van der Waals surface area contributed by atoms with Gasteiger partial charge < -0.3 is 28.5 Å². The number of fused-ring (bicyclic) bond motifs is 6. The highest BCUT2D eigenvalue weighted by atomic mass is 16.6. The van der Waals surface area contributed by atoms with E-state index in [1.165, 1.54) is 66.7 Å². The zero-order valence-electron chi connectivity index (χ0n) is 79.8. The van der Waals surface area contributed by atoms with E-state index in [0.29, 0.717) is 86.1 Å². The number of benzene rings is 14. The van der Waals surface area contributed by atoms with E-state index in [1.807, 2.05) is 97.9 Å². The third kappa shape index (κ3) is 26.8. The van der Waals surface area contributed by atoms with Crippen LogP contribution in [-0.2, 0) is 84.0 Å². The normalized spacial score (nSPS) is 11.4. The summed E-state index contributed by atoms with van der Waals surface area (Å²) >= 11 is 0. The molecule has 0 aliphatic heterocycles. The van der Waals surface area contributed by atoms with Crippen LogP contribution in [-0.4, -0.2) is 60.2 Å². The lowest BCUT2D eigenvalue weighted by Gasteiger charge is -2.21. The van der Waals surface area contributed by atoms with Crippen LogP contribution >= 0.6 is 0 Å². The minimum atomic E-state index is -0.511. The van der Waals surface area contributed by atoms with Crippen LogP contribution < -0.4 is 5.63 Å². The maximum atomic E-state index is 12.6. The number of nitro groups is 4. The van der Waals surface area contributed by atoms with Crippen molar-refractivity contribution in [1.82, 2.24) is 0 Å². The first-order chi connectivity index (χ1) is 65.3. The lowest BCUT2D eigenvalue weighted by molar-refractivity contribution is -0.387. The van der Waals surface area contributed by atoms with E-state index in [9.17, 15) is 74.0 Å². The summed E-state index contributed by atoms with van der Waals surface area (Å²) in [6.45, 7) is 31.0. The number of aliphatic hydroxyl groups excluding tert-OH is 1. The molecule has 0 bridgehead atoms. The minimum absolute atomic E-state index is 0.0145. The number of para-hydroxylation sites is 3. The average Bonchev–Trinajstić information content (AvgIpc) is 0.735. The Morgan fingerprint density at radius 1 is 0.328 bits per heavy atom. The van der Waals surface area contributed by atoms with Gasteiger partial charge in [0.2, 0.25) is 0 Å². The largest absolute Gasteiger partial charge is 0.461 e. The van der Waals surface area contributed by atoms with Crippen molar-refractivity contribution in [3.63, 3.8) is 0 Å². The van der Waals surface area contributed by atoms with Gasteiger partial charge in [-0.05, 0) is 162 Å². The number of ketones is 2. The molecule has 1 aliphatic rings. The van der Waals surface area contributed by atoms with Gasteiger partial charge in [-0.25, -0.2) is 4.79 Å². The van der Waals surface area contributed by atoms with Gasteiger partial charge in [0.15, 0.2) is 11.6 Å². The van der Waals surface area contributed by atoms with Gasteiger partial charge in [-0.2, -0.15) is 0 Å². The third-order valence-electron chi connectivity index (χ3n) is 22.9. The Labute approximate surface area is 794 Å². The third-order valence-corrected chi connectivity index (χ3v) is 22.9. The molecular weight excluding hydrogens is 1740 g/mol. The van der Waals surface area contributed by atoms with Crippen LogP contribution in [0, 0.1) is 95.7 Å². The Morgan fingerprint density at radius 3 is 1.26 bits per heavy atom. The van der Waals surface area contributed by atoms with Crippen molar-refractivity contribution in [2.75, 3.05) is 0 Å². The highest BCUT2D eigenvalue weighted by Crippen LogP contribution is 2.42. The number of hydrogen-bond acceptors (Lipinski definition) is 21. The van der Waals surface area contributed by atoms with Crippen LogP contribution in [0.3, 0.4) is 0 Å². The Kier molecular flexibility index (Phi) is 36.3. The quantitative estimate of drug-likeness (QED) is 0.0147. The molecule has 137 heavy (non-hydrogen) atoms. The number of rotatable bonds is 24. The molecule has 0 spiro atoms. The molecule has 25 heteroatoms. The summed E-state index contributed by atoms with van der Waals surface area (Å²) in [6.07, 6.45) is 1.52. The molecule has 16 rings (SSSR count). The molecule has 1 N–H and O–H groups in total. The zero-order chi connectivity index (χ0) is 99.8. The molecule has 0 saturated carbocycles. The fraction of sp³-hybridized carbons (Fsp3) is 0.277.